The Kier molecular flexibility index (Phi) is 4.61. The highest BCUT2D eigenvalue weighted by Crippen LogP contribution is 2.21. The highest BCUT2D eigenvalue weighted by molar-refractivity contribution is 7.12. The molecule has 0 fully saturated rings. The number of hydrogen-bond donors (Lipinski definition) is 0. The quantitative estimate of drug-likeness (QED) is 0.793. The van der Waals surface area contributed by atoms with E-state index in [1.54, 1.807) is 29.8 Å². The number of carbonyl (C=O) groups is 2. The van der Waals surface area contributed by atoms with Crippen LogP contribution in [0.2, 0.25) is 0 Å². The fourth-order valence-corrected chi connectivity index (χ4v) is 2.93. The second-order valence-electron chi connectivity index (χ2n) is 3.91. The Hall–Kier alpha value is -2.04. The summed E-state index contributed by atoms with van der Waals surface area (Å²) in [5.74, 6) is -2.00. The Bertz CT molecular complexity index is 655. The van der Waals surface area contributed by atoms with E-state index in [-0.39, 0.29) is 0 Å². The number of ether oxygens (including phenoxy) is 1. The van der Waals surface area contributed by atoms with Gasteiger partial charge in [-0.2, -0.15) is 5.26 Å². The molecular weight excluding hydrogens is 296 g/mol. The lowest BCUT2D eigenvalue weighted by atomic mass is 10.1. The highest BCUT2D eigenvalue weighted by Gasteiger charge is 2.24. The molecule has 0 bridgehead atoms. The molecule has 0 aliphatic carbocycles. The minimum absolute atomic E-state index is 0.423. The maximum Gasteiger partial charge on any atom is 0.348 e. The van der Waals surface area contributed by atoms with Gasteiger partial charge in [-0.05, 0) is 18.4 Å². The predicted octanol–water partition coefficient (Wildman–Crippen LogP) is 2.55. The lowest BCUT2D eigenvalue weighted by Crippen LogP contribution is -2.19. The molecule has 0 saturated heterocycles. The number of Topliss-reactive ketones (excluding diaryl/α,β-unsaturated/α-hetero) is 1. The number of thiazole rings is 1. The highest BCUT2D eigenvalue weighted by atomic mass is 32.1. The smallest absolute Gasteiger partial charge is 0.348 e. The molecule has 0 unspecified atom stereocenters. The fraction of sp³-hybridized carbons (Fsp3) is 0.231. The molecule has 0 radical (unpaired) electrons. The van der Waals surface area contributed by atoms with Gasteiger partial charge < -0.3 is 4.74 Å². The van der Waals surface area contributed by atoms with E-state index in [0.29, 0.717) is 9.88 Å². The summed E-state index contributed by atoms with van der Waals surface area (Å²) in [5.41, 5.74) is 0.758. The monoisotopic (exact) mass is 306 g/mol. The number of rotatable bonds is 5. The van der Waals surface area contributed by atoms with Crippen molar-refractivity contribution in [3.63, 3.8) is 0 Å². The van der Waals surface area contributed by atoms with Crippen molar-refractivity contribution in [3.05, 3.63) is 38.5 Å². The summed E-state index contributed by atoms with van der Waals surface area (Å²) in [5, 5.41) is 13.0. The molecule has 2 aromatic heterocycles. The third-order valence-electron chi connectivity index (χ3n) is 2.40. The molecule has 0 aromatic carbocycles. The zero-order valence-electron chi connectivity index (χ0n) is 10.5. The number of thiophene rings is 1. The van der Waals surface area contributed by atoms with Crippen LogP contribution in [0, 0.1) is 18.3 Å². The third-order valence-corrected chi connectivity index (χ3v) is 4.28. The first-order valence-electron chi connectivity index (χ1n) is 5.67. The van der Waals surface area contributed by atoms with Gasteiger partial charge >= 0.3 is 5.97 Å². The van der Waals surface area contributed by atoms with E-state index >= 15 is 0 Å². The van der Waals surface area contributed by atoms with Crippen LogP contribution in [0.3, 0.4) is 0 Å². The molecule has 0 spiro atoms. The van der Waals surface area contributed by atoms with E-state index in [4.69, 9.17) is 10.00 Å². The first kappa shape index (κ1) is 14.4. The molecule has 0 aliphatic rings. The zero-order valence-corrected chi connectivity index (χ0v) is 12.2. The van der Waals surface area contributed by atoms with Crippen LogP contribution in [0.1, 0.15) is 26.3 Å². The van der Waals surface area contributed by atoms with Gasteiger partial charge in [0.15, 0.2) is 18.3 Å². The number of nitriles is 1. The van der Waals surface area contributed by atoms with Gasteiger partial charge in [-0.15, -0.1) is 22.7 Å². The number of nitrogens with zero attached hydrogens (tertiary/aromatic N) is 2. The van der Waals surface area contributed by atoms with E-state index in [1.165, 1.54) is 22.7 Å². The number of aryl methyl sites for hydroxylation is 1. The van der Waals surface area contributed by atoms with Gasteiger partial charge in [0.05, 0.1) is 6.07 Å². The minimum atomic E-state index is -0.982. The van der Waals surface area contributed by atoms with Crippen LogP contribution >= 0.6 is 22.7 Å². The number of ketones is 1. The number of hydrogen-bond acceptors (Lipinski definition) is 7. The lowest BCUT2D eigenvalue weighted by molar-refractivity contribution is -0.122. The SMILES string of the molecule is Cc1csc([C@@H](C#N)C(=O)COC(=O)c2cccs2)n1. The largest absolute Gasteiger partial charge is 0.453 e. The Morgan fingerprint density at radius 1 is 1.50 bits per heavy atom. The average Bonchev–Trinajstić information content (AvgIpc) is 3.08. The van der Waals surface area contributed by atoms with Gasteiger partial charge in [-0.1, -0.05) is 6.07 Å². The van der Waals surface area contributed by atoms with Crippen LogP contribution in [-0.2, 0) is 9.53 Å². The first-order chi connectivity index (χ1) is 9.61. The zero-order chi connectivity index (χ0) is 14.5. The molecule has 2 rings (SSSR count). The summed E-state index contributed by atoms with van der Waals surface area (Å²) in [6, 6.07) is 5.24. The molecule has 102 valence electrons. The summed E-state index contributed by atoms with van der Waals surface area (Å²) in [4.78, 5) is 28.1. The van der Waals surface area contributed by atoms with Gasteiger partial charge in [0, 0.05) is 11.1 Å². The van der Waals surface area contributed by atoms with Gasteiger partial charge in [0.2, 0.25) is 0 Å². The lowest BCUT2D eigenvalue weighted by Gasteiger charge is -2.05. The summed E-state index contributed by atoms with van der Waals surface area (Å²) >= 11 is 2.49. The maximum atomic E-state index is 11.9. The van der Waals surface area contributed by atoms with Crippen LogP contribution in [0.15, 0.2) is 22.9 Å². The minimum Gasteiger partial charge on any atom is -0.453 e. The van der Waals surface area contributed by atoms with Crippen molar-refractivity contribution < 1.29 is 14.3 Å². The molecule has 0 amide bonds. The number of aromatic nitrogens is 1. The van der Waals surface area contributed by atoms with Crippen LogP contribution < -0.4 is 0 Å². The standard InChI is InChI=1S/C13H10N2O3S2/c1-8-7-20-12(15-8)9(5-14)10(16)6-18-13(17)11-3-2-4-19-11/h2-4,7,9H,6H2,1H3/t9-/m0/s1. The van der Waals surface area contributed by atoms with Crippen molar-refractivity contribution in [2.75, 3.05) is 6.61 Å². The fourth-order valence-electron chi connectivity index (χ4n) is 1.46. The molecule has 7 heteroatoms. The van der Waals surface area contributed by atoms with E-state index in [9.17, 15) is 9.59 Å². The summed E-state index contributed by atoms with van der Waals surface area (Å²) in [7, 11) is 0. The summed E-state index contributed by atoms with van der Waals surface area (Å²) in [6.45, 7) is 1.36. The topological polar surface area (TPSA) is 80.0 Å². The molecular formula is C13H10N2O3S2. The van der Waals surface area contributed by atoms with Crippen molar-refractivity contribution >= 4 is 34.4 Å². The number of carbonyl (C=O) groups excluding carboxylic acids is 2. The molecule has 0 N–H and O–H groups in total. The van der Waals surface area contributed by atoms with Gasteiger partial charge in [0.1, 0.15) is 9.88 Å². The Morgan fingerprint density at radius 3 is 2.85 bits per heavy atom. The Balaban J connectivity index is 1.97. The molecule has 0 saturated carbocycles. The maximum absolute atomic E-state index is 11.9. The second-order valence-corrected chi connectivity index (χ2v) is 5.75. The molecule has 20 heavy (non-hydrogen) atoms. The first-order valence-corrected chi connectivity index (χ1v) is 7.42. The van der Waals surface area contributed by atoms with Crippen molar-refractivity contribution in [1.82, 2.24) is 4.98 Å². The second kappa shape index (κ2) is 6.41. The number of esters is 1. The van der Waals surface area contributed by atoms with Crippen LogP contribution in [0.25, 0.3) is 0 Å². The Labute approximate surface area is 123 Å². The van der Waals surface area contributed by atoms with E-state index in [1.807, 2.05) is 6.07 Å². The van der Waals surface area contributed by atoms with Crippen molar-refractivity contribution in [2.24, 2.45) is 0 Å². The third kappa shape index (κ3) is 3.29. The molecule has 2 aromatic rings. The van der Waals surface area contributed by atoms with Crippen LogP contribution in [0.5, 0.6) is 0 Å². The van der Waals surface area contributed by atoms with Gasteiger partial charge in [-0.25, -0.2) is 9.78 Å². The van der Waals surface area contributed by atoms with Crippen LogP contribution in [-0.4, -0.2) is 23.3 Å². The predicted molar refractivity (Wildman–Crippen MR) is 74.8 cm³/mol. The van der Waals surface area contributed by atoms with E-state index in [2.05, 4.69) is 4.98 Å². The molecule has 5 nitrogen and oxygen atoms in total. The van der Waals surface area contributed by atoms with Gasteiger partial charge in [-0.3, -0.25) is 4.79 Å². The Morgan fingerprint density at radius 2 is 2.30 bits per heavy atom. The van der Waals surface area contributed by atoms with Crippen LogP contribution in [0.4, 0.5) is 0 Å². The van der Waals surface area contributed by atoms with Crippen molar-refractivity contribution in [1.29, 1.82) is 5.26 Å². The molecule has 1 atom stereocenters. The van der Waals surface area contributed by atoms with Gasteiger partial charge in [0.25, 0.3) is 0 Å². The van der Waals surface area contributed by atoms with Crippen molar-refractivity contribution in [2.45, 2.75) is 12.8 Å². The summed E-state index contributed by atoms with van der Waals surface area (Å²) < 4.78 is 4.91. The normalized spacial score (nSPS) is 11.6. The average molecular weight is 306 g/mol. The molecule has 0 aliphatic heterocycles. The summed E-state index contributed by atoms with van der Waals surface area (Å²) in [6.07, 6.45) is 0. The van der Waals surface area contributed by atoms with E-state index < -0.39 is 24.3 Å². The van der Waals surface area contributed by atoms with E-state index in [0.717, 1.165) is 5.69 Å². The molecule has 2 heterocycles. The van der Waals surface area contributed by atoms with Crippen molar-refractivity contribution in [3.8, 4) is 6.07 Å².